The number of rotatable bonds is 8. The Morgan fingerprint density at radius 3 is 2.47 bits per heavy atom. The van der Waals surface area contributed by atoms with Crippen molar-refractivity contribution in [3.8, 4) is 22.9 Å². The number of carbonyl (C=O) groups excluding carboxylic acids is 3. The molecular formula is C43H50N8O6. The van der Waals surface area contributed by atoms with Crippen LogP contribution in [0.4, 0.5) is 5.82 Å². The maximum Gasteiger partial charge on any atom is 0.254 e. The largest absolute Gasteiger partial charge is 0.493 e. The van der Waals surface area contributed by atoms with Gasteiger partial charge in [-0.25, -0.2) is 9.67 Å². The van der Waals surface area contributed by atoms with Gasteiger partial charge in [0.25, 0.3) is 5.91 Å². The third-order valence-electron chi connectivity index (χ3n) is 10.7. The van der Waals surface area contributed by atoms with E-state index < -0.39 is 0 Å². The number of benzene rings is 2. The molecule has 1 saturated heterocycles. The number of amides is 3. The summed E-state index contributed by atoms with van der Waals surface area (Å²) in [5.74, 6) is 1.96. The zero-order valence-electron chi connectivity index (χ0n) is 32.9. The van der Waals surface area contributed by atoms with Gasteiger partial charge in [0.2, 0.25) is 17.6 Å². The molecule has 0 spiro atoms. The highest BCUT2D eigenvalue weighted by atomic mass is 16.5. The molecule has 0 radical (unpaired) electrons. The van der Waals surface area contributed by atoms with Crippen LogP contribution in [0.3, 0.4) is 0 Å². The number of ether oxygens (including phenoxy) is 3. The molecule has 14 heteroatoms. The lowest BCUT2D eigenvalue weighted by Gasteiger charge is -2.36. The van der Waals surface area contributed by atoms with Crippen LogP contribution in [0.2, 0.25) is 0 Å². The normalized spacial score (nSPS) is 16.8. The minimum absolute atomic E-state index is 0.0192. The number of methoxy groups -OCH3 is 3. The second-order valence-electron chi connectivity index (χ2n) is 14.6. The zero-order chi connectivity index (χ0) is 39.7. The van der Waals surface area contributed by atoms with Crippen LogP contribution in [-0.4, -0.2) is 108 Å². The highest BCUT2D eigenvalue weighted by molar-refractivity contribution is 5.95. The molecule has 2 aromatic carbocycles. The maximum atomic E-state index is 14.7. The standard InChI is InChI=1S/C43H50N8O6/c1-55-37-24-36-35(40(56-2)41(37)57-3)23-33-28-50(43(54)32-12-6-13-34(22-32)51-21-9-17-46-51)19-5-4-18-48(39(53)15-14-30-10-7-16-44-25-30)29-38(52)45-26-31-11-8-20-49(27-31)42(33)47-36/h6-7,9-10,12-13,16-17,21-25,31H,4-5,8,11,14-15,18-20,26-29H2,1-3H3,(H,45,52). The molecule has 3 aromatic heterocycles. The van der Waals surface area contributed by atoms with E-state index in [-0.39, 0.29) is 43.1 Å². The average molecular weight is 775 g/mol. The third kappa shape index (κ3) is 9.11. The van der Waals surface area contributed by atoms with Crippen LogP contribution in [0.25, 0.3) is 16.6 Å². The molecule has 1 fully saturated rings. The van der Waals surface area contributed by atoms with Gasteiger partial charge in [0, 0.05) is 93.1 Å². The van der Waals surface area contributed by atoms with Gasteiger partial charge in [-0.1, -0.05) is 12.1 Å². The monoisotopic (exact) mass is 774 g/mol. The van der Waals surface area contributed by atoms with Crippen LogP contribution < -0.4 is 24.4 Å². The van der Waals surface area contributed by atoms with Gasteiger partial charge in [-0.3, -0.25) is 19.4 Å². The maximum absolute atomic E-state index is 14.7. The first-order valence-corrected chi connectivity index (χ1v) is 19.6. The van der Waals surface area contributed by atoms with Crippen molar-refractivity contribution < 1.29 is 28.6 Å². The van der Waals surface area contributed by atoms with E-state index in [0.29, 0.717) is 73.8 Å². The lowest BCUT2D eigenvalue weighted by atomic mass is 9.97. The number of fused-ring (bicyclic) bond motifs is 5. The summed E-state index contributed by atoms with van der Waals surface area (Å²) in [6.07, 6.45) is 10.8. The summed E-state index contributed by atoms with van der Waals surface area (Å²) in [5, 5.41) is 8.24. The minimum Gasteiger partial charge on any atom is -0.493 e. The summed E-state index contributed by atoms with van der Waals surface area (Å²) in [4.78, 5) is 56.9. The number of piperidine rings is 1. The van der Waals surface area contributed by atoms with Crippen LogP contribution in [0, 0.1) is 5.92 Å². The van der Waals surface area contributed by atoms with Gasteiger partial charge >= 0.3 is 0 Å². The fraction of sp³-hybridized carbons (Fsp3) is 0.395. The van der Waals surface area contributed by atoms with E-state index in [1.807, 2.05) is 59.6 Å². The third-order valence-corrected chi connectivity index (χ3v) is 10.7. The first-order valence-electron chi connectivity index (χ1n) is 19.6. The molecule has 1 N–H and O–H groups in total. The van der Waals surface area contributed by atoms with E-state index in [2.05, 4.69) is 26.4 Å². The van der Waals surface area contributed by atoms with Gasteiger partial charge in [-0.2, -0.15) is 5.10 Å². The van der Waals surface area contributed by atoms with Crippen LogP contribution in [-0.2, 0) is 22.6 Å². The van der Waals surface area contributed by atoms with E-state index in [0.717, 1.165) is 47.4 Å². The molecule has 5 heterocycles. The number of pyridine rings is 2. The fourth-order valence-electron chi connectivity index (χ4n) is 7.82. The molecule has 7 rings (SSSR count). The van der Waals surface area contributed by atoms with Crippen molar-refractivity contribution in [3.63, 3.8) is 0 Å². The molecular weight excluding hydrogens is 725 g/mol. The van der Waals surface area contributed by atoms with Gasteiger partial charge in [-0.15, -0.1) is 0 Å². The smallest absolute Gasteiger partial charge is 0.254 e. The van der Waals surface area contributed by atoms with E-state index in [9.17, 15) is 14.4 Å². The predicted molar refractivity (Wildman–Crippen MR) is 216 cm³/mol. The van der Waals surface area contributed by atoms with Crippen LogP contribution in [0.5, 0.6) is 17.2 Å². The van der Waals surface area contributed by atoms with Gasteiger partial charge in [0.1, 0.15) is 5.82 Å². The molecule has 2 aliphatic heterocycles. The van der Waals surface area contributed by atoms with Crippen LogP contribution in [0.1, 0.15) is 53.6 Å². The molecule has 0 saturated carbocycles. The van der Waals surface area contributed by atoms with Gasteiger partial charge < -0.3 is 34.2 Å². The van der Waals surface area contributed by atoms with Crippen molar-refractivity contribution in [2.45, 2.75) is 45.1 Å². The molecule has 1 atom stereocenters. The molecule has 14 nitrogen and oxygen atoms in total. The average Bonchev–Trinajstić information content (AvgIpc) is 3.80. The zero-order valence-corrected chi connectivity index (χ0v) is 32.9. The SMILES string of the molecule is COc1cc2nc3c(cc2c(OC)c1OC)CN(C(=O)c1cccc(-n2cccn2)c1)CCCCN(C(=O)CCc1cccnc1)CC(=O)NCC1CCCN3C1. The summed E-state index contributed by atoms with van der Waals surface area (Å²) >= 11 is 0. The summed E-state index contributed by atoms with van der Waals surface area (Å²) in [7, 11) is 4.75. The Morgan fingerprint density at radius 1 is 0.877 bits per heavy atom. The Bertz CT molecular complexity index is 2180. The molecule has 2 bridgehead atoms. The van der Waals surface area contributed by atoms with Crippen molar-refractivity contribution >= 4 is 34.4 Å². The summed E-state index contributed by atoms with van der Waals surface area (Å²) in [6, 6.07) is 17.0. The van der Waals surface area contributed by atoms with Gasteiger partial charge in [0.15, 0.2) is 11.5 Å². The topological polar surface area (TPSA) is 144 Å². The number of nitrogens with zero attached hydrogens (tertiary/aromatic N) is 7. The number of hydrogen-bond donors (Lipinski definition) is 1. The first-order chi connectivity index (χ1) is 27.8. The quantitative estimate of drug-likeness (QED) is 0.227. The molecule has 298 valence electrons. The highest BCUT2D eigenvalue weighted by Gasteiger charge is 2.29. The first kappa shape index (κ1) is 39.1. The predicted octanol–water partition coefficient (Wildman–Crippen LogP) is 5.07. The number of hydrogen-bond acceptors (Lipinski definition) is 10. The lowest BCUT2D eigenvalue weighted by Crippen LogP contribution is -2.45. The summed E-state index contributed by atoms with van der Waals surface area (Å²) < 4.78 is 19.1. The Morgan fingerprint density at radius 2 is 1.72 bits per heavy atom. The van der Waals surface area contributed by atoms with Crippen molar-refractivity contribution in [1.29, 1.82) is 0 Å². The number of nitrogens with one attached hydrogen (secondary N) is 1. The van der Waals surface area contributed by atoms with E-state index in [4.69, 9.17) is 19.2 Å². The van der Waals surface area contributed by atoms with Gasteiger partial charge in [0.05, 0.1) is 39.1 Å². The number of aryl methyl sites for hydroxylation is 1. The Balaban J connectivity index is 1.26. The number of anilines is 1. The van der Waals surface area contributed by atoms with Crippen molar-refractivity contribution in [2.24, 2.45) is 5.92 Å². The van der Waals surface area contributed by atoms with Crippen LogP contribution in [0.15, 0.2) is 79.4 Å². The Hall–Kier alpha value is -6.18. The second-order valence-corrected chi connectivity index (χ2v) is 14.6. The van der Waals surface area contributed by atoms with Gasteiger partial charge in [-0.05, 0) is 80.0 Å². The van der Waals surface area contributed by atoms with Crippen LogP contribution >= 0.6 is 0 Å². The number of aromatic nitrogens is 4. The minimum atomic E-state index is -0.180. The fourth-order valence-corrected chi connectivity index (χ4v) is 7.82. The van der Waals surface area contributed by atoms with Crippen molar-refractivity contribution in [1.82, 2.24) is 34.9 Å². The molecule has 3 amide bonds. The molecule has 1 unspecified atom stereocenters. The molecule has 0 aliphatic carbocycles. The highest BCUT2D eigenvalue weighted by Crippen LogP contribution is 2.44. The van der Waals surface area contributed by atoms with E-state index >= 15 is 0 Å². The second kappa shape index (κ2) is 18.2. The molecule has 57 heavy (non-hydrogen) atoms. The molecule has 5 aromatic rings. The molecule has 2 aliphatic rings. The van der Waals surface area contributed by atoms with Crippen molar-refractivity contribution in [3.05, 3.63) is 96.1 Å². The number of carbonyl (C=O) groups is 3. The Kier molecular flexibility index (Phi) is 12.5. The lowest BCUT2D eigenvalue weighted by molar-refractivity contribution is -0.136. The summed E-state index contributed by atoms with van der Waals surface area (Å²) in [6.45, 7) is 2.93. The van der Waals surface area contributed by atoms with E-state index in [1.165, 1.54) is 0 Å². The Labute approximate surface area is 332 Å². The van der Waals surface area contributed by atoms with E-state index in [1.54, 1.807) is 49.5 Å². The van der Waals surface area contributed by atoms with Crippen molar-refractivity contribution in [2.75, 3.05) is 65.5 Å². The summed E-state index contributed by atoms with van der Waals surface area (Å²) in [5.41, 5.74) is 3.80.